The third kappa shape index (κ3) is 2.01. The lowest BCUT2D eigenvalue weighted by Crippen LogP contribution is -2.26. The first kappa shape index (κ1) is 12.3. The number of rotatable bonds is 3. The average molecular weight is 292 g/mol. The number of thiazole rings is 1. The zero-order valence-electron chi connectivity index (χ0n) is 10.2. The van der Waals surface area contributed by atoms with E-state index >= 15 is 0 Å². The topological polar surface area (TPSA) is 114 Å². The van der Waals surface area contributed by atoms with E-state index in [9.17, 15) is 9.59 Å². The van der Waals surface area contributed by atoms with Crippen LogP contribution in [-0.4, -0.2) is 37.6 Å². The van der Waals surface area contributed by atoms with Gasteiger partial charge in [-0.1, -0.05) is 0 Å². The molecule has 0 aliphatic carbocycles. The molecule has 3 rings (SSSR count). The Balaban J connectivity index is 1.92. The van der Waals surface area contributed by atoms with E-state index in [0.717, 1.165) is 0 Å². The van der Waals surface area contributed by atoms with Gasteiger partial charge in [0.05, 0.1) is 7.11 Å². The van der Waals surface area contributed by atoms with Crippen LogP contribution >= 0.6 is 11.3 Å². The Morgan fingerprint density at radius 1 is 1.55 bits per heavy atom. The van der Waals surface area contributed by atoms with E-state index in [1.807, 2.05) is 0 Å². The van der Waals surface area contributed by atoms with E-state index in [1.54, 1.807) is 11.6 Å². The highest BCUT2D eigenvalue weighted by molar-refractivity contribution is 7.15. The van der Waals surface area contributed by atoms with Crippen LogP contribution in [0.5, 0.6) is 6.01 Å². The van der Waals surface area contributed by atoms with Crippen molar-refractivity contribution in [1.82, 2.24) is 24.6 Å². The number of hydrogen-bond donors (Lipinski definition) is 2. The predicted molar refractivity (Wildman–Crippen MR) is 70.2 cm³/mol. The lowest BCUT2D eigenvalue weighted by molar-refractivity contribution is 0.102. The molecule has 20 heavy (non-hydrogen) atoms. The minimum Gasteiger partial charge on any atom is -0.466 e. The van der Waals surface area contributed by atoms with Crippen molar-refractivity contribution in [2.75, 3.05) is 12.4 Å². The Hall–Kier alpha value is -2.75. The number of H-pyrrole nitrogens is 1. The molecular formula is C10H8N6O3S. The lowest BCUT2D eigenvalue weighted by atomic mass is 10.3. The summed E-state index contributed by atoms with van der Waals surface area (Å²) in [7, 11) is 1.40. The van der Waals surface area contributed by atoms with Gasteiger partial charge in [0.2, 0.25) is 5.95 Å². The summed E-state index contributed by atoms with van der Waals surface area (Å²) in [6.45, 7) is 0. The maximum atomic E-state index is 12.1. The highest BCUT2D eigenvalue weighted by Gasteiger charge is 2.15. The number of anilines is 1. The summed E-state index contributed by atoms with van der Waals surface area (Å²) in [6, 6.07) is 0.0865. The summed E-state index contributed by atoms with van der Waals surface area (Å²) in [5.41, 5.74) is -0.531. The molecular weight excluding hydrogens is 284 g/mol. The van der Waals surface area contributed by atoms with Gasteiger partial charge >= 0.3 is 6.01 Å². The first-order chi connectivity index (χ1) is 9.69. The quantitative estimate of drug-likeness (QED) is 0.709. The zero-order valence-corrected chi connectivity index (χ0v) is 11.0. The third-order valence-electron chi connectivity index (χ3n) is 2.47. The van der Waals surface area contributed by atoms with E-state index < -0.39 is 11.5 Å². The van der Waals surface area contributed by atoms with Gasteiger partial charge in [-0.15, -0.1) is 16.4 Å². The second kappa shape index (κ2) is 4.74. The number of nitrogens with zero attached hydrogens (tertiary/aromatic N) is 4. The number of ether oxygens (including phenoxy) is 1. The summed E-state index contributed by atoms with van der Waals surface area (Å²) in [6.07, 6.45) is 2.79. The van der Waals surface area contributed by atoms with Gasteiger partial charge in [0, 0.05) is 17.8 Å². The van der Waals surface area contributed by atoms with Crippen LogP contribution in [0.3, 0.4) is 0 Å². The van der Waals surface area contributed by atoms with Crippen LogP contribution in [0.1, 0.15) is 10.4 Å². The molecule has 1 amide bonds. The molecule has 0 aliphatic rings. The van der Waals surface area contributed by atoms with Crippen LogP contribution in [-0.2, 0) is 0 Å². The van der Waals surface area contributed by atoms with Crippen LogP contribution in [0.25, 0.3) is 4.96 Å². The van der Waals surface area contributed by atoms with Crippen molar-refractivity contribution in [3.63, 3.8) is 0 Å². The summed E-state index contributed by atoms with van der Waals surface area (Å²) < 4.78 is 6.08. The number of hydrogen-bond acceptors (Lipinski definition) is 7. The maximum Gasteiger partial charge on any atom is 0.336 e. The summed E-state index contributed by atoms with van der Waals surface area (Å²) in [5.74, 6) is -0.538. The van der Waals surface area contributed by atoms with E-state index in [1.165, 1.54) is 29.0 Å². The average Bonchev–Trinajstić information content (AvgIpc) is 3.07. The Morgan fingerprint density at radius 2 is 2.40 bits per heavy atom. The SMILES string of the molecule is COc1n[nH]c(NC(=O)c2cnc3sccn3c2=O)n1. The standard InChI is InChI=1S/C10H8N6O3S/c1-19-9-13-8(14-15-9)12-6(17)5-4-11-10-16(7(5)18)2-3-20-10/h2-4H,1H3,(H2,12,13,14,15,17). The van der Waals surface area contributed by atoms with Crippen LogP contribution in [0.15, 0.2) is 22.6 Å². The molecule has 102 valence electrons. The molecule has 0 fully saturated rings. The van der Waals surface area contributed by atoms with E-state index in [0.29, 0.717) is 4.96 Å². The lowest BCUT2D eigenvalue weighted by Gasteiger charge is -2.00. The third-order valence-corrected chi connectivity index (χ3v) is 3.24. The minimum absolute atomic E-state index is 0.0849. The number of carbonyl (C=O) groups excluding carboxylic acids is 1. The molecule has 0 spiro atoms. The number of fused-ring (bicyclic) bond motifs is 1. The van der Waals surface area contributed by atoms with E-state index in [-0.39, 0.29) is 17.5 Å². The normalized spacial score (nSPS) is 10.7. The van der Waals surface area contributed by atoms with Crippen molar-refractivity contribution in [1.29, 1.82) is 0 Å². The van der Waals surface area contributed by atoms with Crippen molar-refractivity contribution in [3.05, 3.63) is 33.7 Å². The summed E-state index contributed by atoms with van der Waals surface area (Å²) in [4.78, 5) is 32.5. The van der Waals surface area contributed by atoms with Gasteiger partial charge in [-0.05, 0) is 0 Å². The monoisotopic (exact) mass is 292 g/mol. The predicted octanol–water partition coefficient (Wildman–Crippen LogP) is 0.135. The Bertz CT molecular complexity index is 835. The Labute approximate surface area is 115 Å². The molecule has 0 radical (unpaired) electrons. The fraction of sp³-hybridized carbons (Fsp3) is 0.100. The number of aromatic nitrogens is 5. The van der Waals surface area contributed by atoms with Gasteiger partial charge in [0.15, 0.2) is 4.96 Å². The first-order valence-electron chi connectivity index (χ1n) is 5.41. The number of aromatic amines is 1. The van der Waals surface area contributed by atoms with Crippen molar-refractivity contribution in [2.45, 2.75) is 0 Å². The first-order valence-corrected chi connectivity index (χ1v) is 6.29. The van der Waals surface area contributed by atoms with Crippen LogP contribution in [0, 0.1) is 0 Å². The summed E-state index contributed by atoms with van der Waals surface area (Å²) >= 11 is 1.31. The second-order valence-electron chi connectivity index (χ2n) is 3.66. The molecule has 0 aromatic carbocycles. The van der Waals surface area contributed by atoms with Gasteiger partial charge < -0.3 is 4.74 Å². The maximum absolute atomic E-state index is 12.1. The van der Waals surface area contributed by atoms with E-state index in [2.05, 4.69) is 25.5 Å². The van der Waals surface area contributed by atoms with Crippen molar-refractivity contribution in [3.8, 4) is 6.01 Å². The van der Waals surface area contributed by atoms with Crippen molar-refractivity contribution < 1.29 is 9.53 Å². The fourth-order valence-corrected chi connectivity index (χ4v) is 2.22. The molecule has 0 bridgehead atoms. The van der Waals surface area contributed by atoms with Crippen LogP contribution < -0.4 is 15.6 Å². The van der Waals surface area contributed by atoms with E-state index in [4.69, 9.17) is 4.74 Å². The second-order valence-corrected chi connectivity index (χ2v) is 4.53. The molecule has 0 atom stereocenters. The smallest absolute Gasteiger partial charge is 0.336 e. The Kier molecular flexibility index (Phi) is 2.91. The molecule has 3 aromatic rings. The fourth-order valence-electron chi connectivity index (χ4n) is 1.55. The molecule has 9 nitrogen and oxygen atoms in total. The number of nitrogens with one attached hydrogen (secondary N) is 2. The molecule has 3 heterocycles. The largest absolute Gasteiger partial charge is 0.466 e. The highest BCUT2D eigenvalue weighted by Crippen LogP contribution is 2.08. The van der Waals surface area contributed by atoms with Gasteiger partial charge in [-0.25, -0.2) is 10.1 Å². The van der Waals surface area contributed by atoms with Crippen molar-refractivity contribution in [2.24, 2.45) is 0 Å². The molecule has 0 aliphatic heterocycles. The van der Waals surface area contributed by atoms with Crippen molar-refractivity contribution >= 4 is 28.2 Å². The highest BCUT2D eigenvalue weighted by atomic mass is 32.1. The Morgan fingerprint density at radius 3 is 3.15 bits per heavy atom. The van der Waals surface area contributed by atoms with Gasteiger partial charge in [-0.3, -0.25) is 19.3 Å². The molecule has 2 N–H and O–H groups in total. The van der Waals surface area contributed by atoms with Gasteiger partial charge in [0.25, 0.3) is 11.5 Å². The molecule has 0 saturated carbocycles. The number of amides is 1. The van der Waals surface area contributed by atoms with Gasteiger partial charge in [0.1, 0.15) is 5.56 Å². The number of carbonyl (C=O) groups is 1. The minimum atomic E-state index is -0.623. The molecule has 3 aromatic heterocycles. The zero-order chi connectivity index (χ0) is 14.1. The molecule has 10 heteroatoms. The molecule has 0 unspecified atom stereocenters. The summed E-state index contributed by atoms with van der Waals surface area (Å²) in [5, 5.41) is 10.3. The molecule has 0 saturated heterocycles. The van der Waals surface area contributed by atoms with Gasteiger partial charge in [-0.2, -0.15) is 4.98 Å². The van der Waals surface area contributed by atoms with Crippen LogP contribution in [0.4, 0.5) is 5.95 Å². The number of methoxy groups -OCH3 is 1. The van der Waals surface area contributed by atoms with Crippen LogP contribution in [0.2, 0.25) is 0 Å².